The molecule has 4 nitrogen and oxygen atoms in total. The molecule has 1 heterocycles. The van der Waals surface area contributed by atoms with E-state index in [0.29, 0.717) is 6.61 Å². The third-order valence-electron chi connectivity index (χ3n) is 5.29. The molecule has 2 aromatic rings. The number of nitrogens with zero attached hydrogens (tertiary/aromatic N) is 1. The Morgan fingerprint density at radius 2 is 1.96 bits per heavy atom. The van der Waals surface area contributed by atoms with Gasteiger partial charge < -0.3 is 15.6 Å². The highest BCUT2D eigenvalue weighted by Crippen LogP contribution is 2.38. The Morgan fingerprint density at radius 3 is 2.65 bits per heavy atom. The fraction of sp³-hybridized carbons (Fsp3) is 0.526. The van der Waals surface area contributed by atoms with Crippen LogP contribution in [0.2, 0.25) is 0 Å². The first-order valence-corrected chi connectivity index (χ1v) is 8.45. The van der Waals surface area contributed by atoms with Gasteiger partial charge in [-0.15, -0.1) is 0 Å². The number of aliphatic hydroxyl groups excluding tert-OH is 1. The molecule has 0 bridgehead atoms. The second-order valence-electron chi connectivity index (χ2n) is 6.89. The highest BCUT2D eigenvalue weighted by Gasteiger charge is 2.32. The highest BCUT2D eigenvalue weighted by atomic mass is 16.5. The number of anilines is 1. The van der Waals surface area contributed by atoms with Gasteiger partial charge in [-0.1, -0.05) is 25.3 Å². The Bertz CT molecular complexity index is 706. The van der Waals surface area contributed by atoms with Crippen LogP contribution in [0.25, 0.3) is 10.9 Å². The van der Waals surface area contributed by atoms with E-state index in [1.165, 1.54) is 19.3 Å². The average molecular weight is 314 g/mol. The van der Waals surface area contributed by atoms with Crippen LogP contribution in [0, 0.1) is 19.3 Å². The Kier molecular flexibility index (Phi) is 4.44. The van der Waals surface area contributed by atoms with Crippen molar-refractivity contribution < 1.29 is 9.84 Å². The Balaban J connectivity index is 1.92. The predicted molar refractivity (Wildman–Crippen MR) is 93.7 cm³/mol. The van der Waals surface area contributed by atoms with Crippen LogP contribution in [0.5, 0.6) is 5.75 Å². The van der Waals surface area contributed by atoms with Gasteiger partial charge in [0.15, 0.2) is 0 Å². The van der Waals surface area contributed by atoms with E-state index >= 15 is 0 Å². The molecule has 124 valence electrons. The molecule has 1 aromatic carbocycles. The number of aliphatic hydroxyl groups is 1. The van der Waals surface area contributed by atoms with E-state index in [0.717, 1.165) is 46.4 Å². The van der Waals surface area contributed by atoms with Crippen molar-refractivity contribution in [3.8, 4) is 5.75 Å². The summed E-state index contributed by atoms with van der Waals surface area (Å²) in [6, 6.07) is 5.86. The minimum absolute atomic E-state index is 0.109. The molecule has 0 amide bonds. The summed E-state index contributed by atoms with van der Waals surface area (Å²) in [4.78, 5) is 4.62. The van der Waals surface area contributed by atoms with Crippen molar-refractivity contribution in [2.75, 3.05) is 18.9 Å². The molecule has 3 N–H and O–H groups in total. The number of benzene rings is 1. The maximum absolute atomic E-state index is 9.85. The summed E-state index contributed by atoms with van der Waals surface area (Å²) in [6.45, 7) is 4.68. The van der Waals surface area contributed by atoms with E-state index in [-0.39, 0.29) is 12.0 Å². The first-order chi connectivity index (χ1) is 11.1. The van der Waals surface area contributed by atoms with Crippen LogP contribution >= 0.6 is 0 Å². The zero-order valence-corrected chi connectivity index (χ0v) is 14.1. The molecule has 0 radical (unpaired) electrons. The number of hydrogen-bond acceptors (Lipinski definition) is 4. The van der Waals surface area contributed by atoms with Gasteiger partial charge in [-0.05, 0) is 44.4 Å². The molecule has 0 saturated heterocycles. The normalized spacial score (nSPS) is 17.3. The van der Waals surface area contributed by atoms with Crippen LogP contribution in [-0.4, -0.2) is 23.3 Å². The van der Waals surface area contributed by atoms with Gasteiger partial charge in [0.1, 0.15) is 5.75 Å². The van der Waals surface area contributed by atoms with Crippen LogP contribution in [0.4, 0.5) is 5.69 Å². The van der Waals surface area contributed by atoms with Crippen molar-refractivity contribution in [1.82, 2.24) is 4.98 Å². The van der Waals surface area contributed by atoms with Gasteiger partial charge in [0, 0.05) is 16.8 Å². The number of aryl methyl sites for hydroxylation is 1. The van der Waals surface area contributed by atoms with E-state index < -0.39 is 0 Å². The molecule has 3 rings (SSSR count). The van der Waals surface area contributed by atoms with Crippen LogP contribution in [0.15, 0.2) is 18.2 Å². The summed E-state index contributed by atoms with van der Waals surface area (Å²) in [5, 5.41) is 10.7. The number of aromatic nitrogens is 1. The number of pyridine rings is 1. The molecule has 4 heteroatoms. The molecule has 0 atom stereocenters. The minimum atomic E-state index is -0.109. The quantitative estimate of drug-likeness (QED) is 0.901. The molecule has 23 heavy (non-hydrogen) atoms. The van der Waals surface area contributed by atoms with Crippen LogP contribution < -0.4 is 10.5 Å². The summed E-state index contributed by atoms with van der Waals surface area (Å²) in [7, 11) is 0. The molecule has 1 fully saturated rings. The first kappa shape index (κ1) is 16.1. The second kappa shape index (κ2) is 6.36. The molecule has 1 saturated carbocycles. The van der Waals surface area contributed by atoms with Crippen LogP contribution in [0.1, 0.15) is 43.4 Å². The van der Waals surface area contributed by atoms with Gasteiger partial charge in [0.25, 0.3) is 0 Å². The molecular formula is C19H26N2O2. The summed E-state index contributed by atoms with van der Waals surface area (Å²) in [5.41, 5.74) is 9.78. The number of hydrogen-bond donors (Lipinski definition) is 2. The molecule has 0 unspecified atom stereocenters. The van der Waals surface area contributed by atoms with Gasteiger partial charge in [-0.2, -0.15) is 0 Å². The van der Waals surface area contributed by atoms with Crippen LogP contribution in [0.3, 0.4) is 0 Å². The average Bonchev–Trinajstić information content (AvgIpc) is 2.58. The van der Waals surface area contributed by atoms with Crippen molar-refractivity contribution in [3.63, 3.8) is 0 Å². The summed E-state index contributed by atoms with van der Waals surface area (Å²) < 4.78 is 6.15. The molecule has 0 aliphatic heterocycles. The Labute approximate surface area is 137 Å². The van der Waals surface area contributed by atoms with Crippen molar-refractivity contribution in [1.29, 1.82) is 0 Å². The zero-order valence-electron chi connectivity index (χ0n) is 14.1. The molecule has 1 aromatic heterocycles. The number of ether oxygens (including phenoxy) is 1. The maximum atomic E-state index is 9.85. The summed E-state index contributed by atoms with van der Waals surface area (Å²) in [6.07, 6.45) is 5.65. The standard InChI is InChI=1S/C19H26N2O2/c1-13-14(2)21-15-7-6-8-16(17(15)18(13)20)23-12-19(11-22)9-4-3-5-10-19/h6-8,22H,3-5,9-12H2,1-2H3,(H2,20,21). The minimum Gasteiger partial charge on any atom is -0.492 e. The third-order valence-corrected chi connectivity index (χ3v) is 5.29. The fourth-order valence-corrected chi connectivity index (χ4v) is 3.53. The van der Waals surface area contributed by atoms with Gasteiger partial charge in [-0.3, -0.25) is 4.98 Å². The number of rotatable bonds is 4. The molecular weight excluding hydrogens is 288 g/mol. The summed E-state index contributed by atoms with van der Waals surface area (Å²) in [5.74, 6) is 0.772. The lowest BCUT2D eigenvalue weighted by Crippen LogP contribution is -2.34. The maximum Gasteiger partial charge on any atom is 0.130 e. The Morgan fingerprint density at radius 1 is 1.22 bits per heavy atom. The molecule has 1 aliphatic rings. The SMILES string of the molecule is Cc1nc2cccc(OCC3(CO)CCCCC3)c2c(N)c1C. The summed E-state index contributed by atoms with van der Waals surface area (Å²) >= 11 is 0. The van der Waals surface area contributed by atoms with Crippen molar-refractivity contribution in [2.24, 2.45) is 5.41 Å². The monoisotopic (exact) mass is 314 g/mol. The number of nitrogens with two attached hydrogens (primary N) is 1. The van der Waals surface area contributed by atoms with Crippen molar-refractivity contribution in [2.45, 2.75) is 46.0 Å². The Hall–Kier alpha value is -1.81. The molecule has 1 aliphatic carbocycles. The largest absolute Gasteiger partial charge is 0.492 e. The lowest BCUT2D eigenvalue weighted by molar-refractivity contribution is 0.0338. The van der Waals surface area contributed by atoms with Gasteiger partial charge in [-0.25, -0.2) is 0 Å². The van der Waals surface area contributed by atoms with Gasteiger partial charge >= 0.3 is 0 Å². The van der Waals surface area contributed by atoms with E-state index in [4.69, 9.17) is 10.5 Å². The van der Waals surface area contributed by atoms with Crippen LogP contribution in [-0.2, 0) is 0 Å². The third kappa shape index (κ3) is 3.00. The topological polar surface area (TPSA) is 68.4 Å². The van der Waals surface area contributed by atoms with Crippen molar-refractivity contribution >= 4 is 16.6 Å². The van der Waals surface area contributed by atoms with Gasteiger partial charge in [0.2, 0.25) is 0 Å². The second-order valence-corrected chi connectivity index (χ2v) is 6.89. The fourth-order valence-electron chi connectivity index (χ4n) is 3.53. The van der Waals surface area contributed by atoms with E-state index in [1.54, 1.807) is 0 Å². The van der Waals surface area contributed by atoms with E-state index in [9.17, 15) is 5.11 Å². The first-order valence-electron chi connectivity index (χ1n) is 8.45. The van der Waals surface area contributed by atoms with E-state index in [2.05, 4.69) is 4.98 Å². The van der Waals surface area contributed by atoms with Crippen molar-refractivity contribution in [3.05, 3.63) is 29.5 Å². The number of nitrogen functional groups attached to an aromatic ring is 1. The highest BCUT2D eigenvalue weighted by molar-refractivity contribution is 5.97. The molecule has 0 spiro atoms. The predicted octanol–water partition coefficient (Wildman–Crippen LogP) is 3.76. The van der Waals surface area contributed by atoms with Gasteiger partial charge in [0.05, 0.1) is 24.1 Å². The number of fused-ring (bicyclic) bond motifs is 1. The lowest BCUT2D eigenvalue weighted by atomic mass is 9.75. The lowest BCUT2D eigenvalue weighted by Gasteiger charge is -2.35. The smallest absolute Gasteiger partial charge is 0.130 e. The van der Waals surface area contributed by atoms with E-state index in [1.807, 2.05) is 32.0 Å². The zero-order chi connectivity index (χ0) is 16.4.